The van der Waals surface area contributed by atoms with Crippen molar-refractivity contribution >= 4 is 11.6 Å². The molecule has 0 radical (unpaired) electrons. The predicted molar refractivity (Wildman–Crippen MR) is 73.1 cm³/mol. The Balaban J connectivity index is 1.66. The summed E-state index contributed by atoms with van der Waals surface area (Å²) < 4.78 is 5.37. The lowest BCUT2D eigenvalue weighted by atomic mass is 10.1. The fourth-order valence-corrected chi connectivity index (χ4v) is 2.68. The van der Waals surface area contributed by atoms with Gasteiger partial charge in [-0.15, -0.1) is 0 Å². The molecule has 3 heterocycles. The van der Waals surface area contributed by atoms with Crippen LogP contribution in [0.15, 0.2) is 18.2 Å². The van der Waals surface area contributed by atoms with Crippen molar-refractivity contribution in [3.8, 4) is 0 Å². The van der Waals surface area contributed by atoms with E-state index in [9.17, 15) is 0 Å². The summed E-state index contributed by atoms with van der Waals surface area (Å²) in [5.41, 5.74) is 0. The highest BCUT2D eigenvalue weighted by Crippen LogP contribution is 2.20. The van der Waals surface area contributed by atoms with Crippen molar-refractivity contribution in [2.75, 3.05) is 36.5 Å². The normalized spacial score (nSPS) is 21.2. The van der Waals surface area contributed by atoms with Gasteiger partial charge in [0.15, 0.2) is 0 Å². The Morgan fingerprint density at radius 2 is 1.94 bits per heavy atom. The zero-order chi connectivity index (χ0) is 12.2. The third-order valence-corrected chi connectivity index (χ3v) is 3.74. The van der Waals surface area contributed by atoms with E-state index >= 15 is 0 Å². The summed E-state index contributed by atoms with van der Waals surface area (Å²) in [6, 6.07) is 6.79. The molecule has 0 aromatic carbocycles. The van der Waals surface area contributed by atoms with Crippen LogP contribution in [-0.2, 0) is 4.74 Å². The average Bonchev–Trinajstić information content (AvgIpc) is 2.94. The lowest BCUT2D eigenvalue weighted by Gasteiger charge is -2.24. The van der Waals surface area contributed by atoms with E-state index in [0.717, 1.165) is 50.8 Å². The molecule has 3 rings (SSSR count). The van der Waals surface area contributed by atoms with Crippen molar-refractivity contribution in [2.45, 2.75) is 31.7 Å². The van der Waals surface area contributed by atoms with Gasteiger partial charge in [-0.3, -0.25) is 0 Å². The van der Waals surface area contributed by atoms with Crippen LogP contribution in [0, 0.1) is 0 Å². The molecule has 1 aromatic heterocycles. The Morgan fingerprint density at radius 1 is 1.17 bits per heavy atom. The number of anilines is 2. The van der Waals surface area contributed by atoms with Crippen LogP contribution in [0.1, 0.15) is 25.7 Å². The molecule has 0 spiro atoms. The summed E-state index contributed by atoms with van der Waals surface area (Å²) in [4.78, 5) is 7.09. The molecule has 2 aliphatic rings. The monoisotopic (exact) mass is 247 g/mol. The third-order valence-electron chi connectivity index (χ3n) is 3.74. The molecule has 98 valence electrons. The first-order valence-corrected chi connectivity index (χ1v) is 6.98. The fraction of sp³-hybridized carbons (Fsp3) is 0.643. The highest BCUT2D eigenvalue weighted by atomic mass is 16.5. The smallest absolute Gasteiger partial charge is 0.130 e. The Bertz CT molecular complexity index is 384. The molecule has 2 aliphatic heterocycles. The van der Waals surface area contributed by atoms with Crippen molar-refractivity contribution in [3.05, 3.63) is 18.2 Å². The van der Waals surface area contributed by atoms with Crippen LogP contribution in [0.2, 0.25) is 0 Å². The van der Waals surface area contributed by atoms with Gasteiger partial charge in [0.1, 0.15) is 11.6 Å². The van der Waals surface area contributed by atoms with Gasteiger partial charge in [-0.2, -0.15) is 0 Å². The van der Waals surface area contributed by atoms with Crippen LogP contribution in [0.25, 0.3) is 0 Å². The summed E-state index contributed by atoms with van der Waals surface area (Å²) in [7, 11) is 0. The van der Waals surface area contributed by atoms with Crippen LogP contribution < -0.4 is 10.2 Å². The zero-order valence-corrected chi connectivity index (χ0v) is 10.8. The number of nitrogens with one attached hydrogen (secondary N) is 1. The molecule has 0 aliphatic carbocycles. The predicted octanol–water partition coefficient (Wildman–Crippen LogP) is 2.27. The maximum absolute atomic E-state index is 5.37. The number of rotatable bonds is 3. The molecule has 4 nitrogen and oxygen atoms in total. The molecular formula is C14H21N3O. The van der Waals surface area contributed by atoms with E-state index < -0.39 is 0 Å². The maximum Gasteiger partial charge on any atom is 0.130 e. The van der Waals surface area contributed by atoms with Gasteiger partial charge in [-0.1, -0.05) is 6.07 Å². The minimum absolute atomic E-state index is 0.514. The summed E-state index contributed by atoms with van der Waals surface area (Å²) in [6.07, 6.45) is 4.74. The molecule has 0 bridgehead atoms. The summed E-state index contributed by atoms with van der Waals surface area (Å²) in [5.74, 6) is 2.12. The van der Waals surface area contributed by atoms with Crippen LogP contribution in [-0.4, -0.2) is 37.3 Å². The molecule has 0 atom stereocenters. The van der Waals surface area contributed by atoms with E-state index in [0.29, 0.717) is 6.04 Å². The van der Waals surface area contributed by atoms with Gasteiger partial charge < -0.3 is 15.0 Å². The van der Waals surface area contributed by atoms with Gasteiger partial charge in [-0.25, -0.2) is 4.98 Å². The first-order valence-electron chi connectivity index (χ1n) is 6.98. The molecular weight excluding hydrogens is 226 g/mol. The third kappa shape index (κ3) is 2.75. The van der Waals surface area contributed by atoms with Gasteiger partial charge in [0.05, 0.1) is 0 Å². The van der Waals surface area contributed by atoms with E-state index in [1.165, 1.54) is 12.8 Å². The summed E-state index contributed by atoms with van der Waals surface area (Å²) in [6.45, 7) is 4.02. The minimum Gasteiger partial charge on any atom is -0.381 e. The van der Waals surface area contributed by atoms with Crippen molar-refractivity contribution in [1.29, 1.82) is 0 Å². The van der Waals surface area contributed by atoms with Gasteiger partial charge in [0.25, 0.3) is 0 Å². The van der Waals surface area contributed by atoms with Crippen LogP contribution in [0.3, 0.4) is 0 Å². The van der Waals surface area contributed by atoms with E-state index in [-0.39, 0.29) is 0 Å². The molecule has 1 N–H and O–H groups in total. The minimum atomic E-state index is 0.514. The number of hydrogen-bond donors (Lipinski definition) is 1. The van der Waals surface area contributed by atoms with Gasteiger partial charge >= 0.3 is 0 Å². The topological polar surface area (TPSA) is 37.4 Å². The highest BCUT2D eigenvalue weighted by Gasteiger charge is 2.16. The van der Waals surface area contributed by atoms with Gasteiger partial charge in [0.2, 0.25) is 0 Å². The lowest BCUT2D eigenvalue weighted by molar-refractivity contribution is 0.0904. The molecule has 18 heavy (non-hydrogen) atoms. The summed E-state index contributed by atoms with van der Waals surface area (Å²) >= 11 is 0. The number of hydrogen-bond acceptors (Lipinski definition) is 4. The Morgan fingerprint density at radius 3 is 2.72 bits per heavy atom. The standard InChI is InChI=1S/C14H21N3O/c1-2-9-17(8-1)14-5-3-4-13(16-14)15-12-6-10-18-11-7-12/h3-5,12H,1-2,6-11H2,(H,15,16). The van der Waals surface area contributed by atoms with Gasteiger partial charge in [0, 0.05) is 32.3 Å². The van der Waals surface area contributed by atoms with Crippen LogP contribution in [0.4, 0.5) is 11.6 Å². The second-order valence-corrected chi connectivity index (χ2v) is 5.11. The summed E-state index contributed by atoms with van der Waals surface area (Å²) in [5, 5.41) is 3.53. The van der Waals surface area contributed by atoms with Crippen molar-refractivity contribution in [3.63, 3.8) is 0 Å². The van der Waals surface area contributed by atoms with E-state index in [1.807, 2.05) is 0 Å². The number of aromatic nitrogens is 1. The lowest BCUT2D eigenvalue weighted by Crippen LogP contribution is -2.28. The maximum atomic E-state index is 5.37. The SMILES string of the molecule is c1cc(NC2CCOCC2)nc(N2CCCC2)c1. The van der Waals surface area contributed by atoms with Crippen LogP contribution in [0.5, 0.6) is 0 Å². The second kappa shape index (κ2) is 5.57. The highest BCUT2D eigenvalue weighted by molar-refractivity contribution is 5.48. The molecule has 4 heteroatoms. The Hall–Kier alpha value is -1.29. The van der Waals surface area contributed by atoms with Gasteiger partial charge in [-0.05, 0) is 37.8 Å². The zero-order valence-electron chi connectivity index (χ0n) is 10.8. The van der Waals surface area contributed by atoms with E-state index in [1.54, 1.807) is 0 Å². The number of ether oxygens (including phenoxy) is 1. The fourth-order valence-electron chi connectivity index (χ4n) is 2.68. The Labute approximate surface area is 108 Å². The van der Waals surface area contributed by atoms with Crippen molar-refractivity contribution < 1.29 is 4.74 Å². The molecule has 2 saturated heterocycles. The molecule has 2 fully saturated rings. The number of pyridine rings is 1. The second-order valence-electron chi connectivity index (χ2n) is 5.11. The first kappa shape index (κ1) is 11.8. The average molecular weight is 247 g/mol. The van der Waals surface area contributed by atoms with Crippen molar-refractivity contribution in [2.24, 2.45) is 0 Å². The van der Waals surface area contributed by atoms with Crippen molar-refractivity contribution in [1.82, 2.24) is 4.98 Å². The molecule has 0 unspecified atom stereocenters. The van der Waals surface area contributed by atoms with E-state index in [4.69, 9.17) is 9.72 Å². The van der Waals surface area contributed by atoms with Crippen LogP contribution >= 0.6 is 0 Å². The molecule has 0 amide bonds. The number of nitrogens with zero attached hydrogens (tertiary/aromatic N) is 2. The first-order chi connectivity index (χ1) is 8.92. The largest absolute Gasteiger partial charge is 0.381 e. The quantitative estimate of drug-likeness (QED) is 0.889. The Kier molecular flexibility index (Phi) is 3.64. The molecule has 0 saturated carbocycles. The van der Waals surface area contributed by atoms with E-state index in [2.05, 4.69) is 28.4 Å². The molecule has 1 aromatic rings.